The van der Waals surface area contributed by atoms with Crippen molar-refractivity contribution in [3.8, 4) is 22.5 Å². The molecule has 3 aromatic rings. The molecule has 22 heavy (non-hydrogen) atoms. The van der Waals surface area contributed by atoms with Crippen LogP contribution in [-0.2, 0) is 0 Å². The van der Waals surface area contributed by atoms with E-state index in [-0.39, 0.29) is 0 Å². The van der Waals surface area contributed by atoms with Gasteiger partial charge in [-0.1, -0.05) is 12.1 Å². The van der Waals surface area contributed by atoms with Gasteiger partial charge in [0, 0.05) is 36.7 Å². The molecule has 1 aromatic carbocycles. The van der Waals surface area contributed by atoms with Crippen molar-refractivity contribution in [2.75, 3.05) is 18.0 Å². The lowest BCUT2D eigenvalue weighted by Crippen LogP contribution is -2.21. The Balaban J connectivity index is 1.85. The van der Waals surface area contributed by atoms with Crippen LogP contribution in [-0.4, -0.2) is 28.3 Å². The Hall–Kier alpha value is -2.62. The Bertz CT molecular complexity index is 712. The normalized spacial score (nSPS) is 10.6. The molecule has 1 N–H and O–H groups in total. The van der Waals surface area contributed by atoms with E-state index in [0.29, 0.717) is 0 Å². The van der Waals surface area contributed by atoms with Crippen LogP contribution in [0.25, 0.3) is 22.5 Å². The highest BCUT2D eigenvalue weighted by atomic mass is 15.1. The lowest BCUT2D eigenvalue weighted by Gasteiger charge is -2.20. The number of hydrogen-bond acceptors (Lipinski definition) is 3. The molecule has 2 heterocycles. The number of nitrogens with zero attached hydrogens (tertiary/aromatic N) is 3. The first kappa shape index (κ1) is 14.3. The van der Waals surface area contributed by atoms with Crippen LogP contribution in [0.5, 0.6) is 0 Å². The van der Waals surface area contributed by atoms with Crippen molar-refractivity contribution in [1.82, 2.24) is 15.2 Å². The molecule has 4 nitrogen and oxygen atoms in total. The van der Waals surface area contributed by atoms with Crippen molar-refractivity contribution >= 4 is 5.69 Å². The van der Waals surface area contributed by atoms with E-state index in [0.717, 1.165) is 35.6 Å². The van der Waals surface area contributed by atoms with Crippen molar-refractivity contribution in [1.29, 1.82) is 0 Å². The van der Waals surface area contributed by atoms with Gasteiger partial charge in [0.25, 0.3) is 0 Å². The van der Waals surface area contributed by atoms with E-state index < -0.39 is 0 Å². The van der Waals surface area contributed by atoms with E-state index >= 15 is 0 Å². The zero-order chi connectivity index (χ0) is 15.4. The summed E-state index contributed by atoms with van der Waals surface area (Å²) in [6.45, 7) is 6.38. The zero-order valence-corrected chi connectivity index (χ0v) is 13.0. The van der Waals surface area contributed by atoms with Crippen LogP contribution in [0.3, 0.4) is 0 Å². The van der Waals surface area contributed by atoms with Crippen LogP contribution in [0.2, 0.25) is 0 Å². The second-order valence-corrected chi connectivity index (χ2v) is 5.13. The van der Waals surface area contributed by atoms with E-state index in [1.54, 1.807) is 6.20 Å². The van der Waals surface area contributed by atoms with Crippen molar-refractivity contribution in [2.24, 2.45) is 0 Å². The molecular formula is C18H20N4. The fourth-order valence-electron chi connectivity index (χ4n) is 2.57. The average molecular weight is 292 g/mol. The van der Waals surface area contributed by atoms with E-state index in [1.807, 2.05) is 18.3 Å². The summed E-state index contributed by atoms with van der Waals surface area (Å²) >= 11 is 0. The number of H-pyrrole nitrogens is 1. The number of rotatable bonds is 5. The molecule has 0 radical (unpaired) electrons. The SMILES string of the molecule is CCN(CC)c1ccc(-c2cc(-c3cccnc3)n[nH]2)cc1. The van der Waals surface area contributed by atoms with Gasteiger partial charge in [0.1, 0.15) is 0 Å². The van der Waals surface area contributed by atoms with Gasteiger partial charge in [-0.25, -0.2) is 0 Å². The zero-order valence-electron chi connectivity index (χ0n) is 13.0. The molecule has 4 heteroatoms. The van der Waals surface area contributed by atoms with Gasteiger partial charge in [-0.2, -0.15) is 5.10 Å². The monoisotopic (exact) mass is 292 g/mol. The minimum absolute atomic E-state index is 0.913. The third kappa shape index (κ3) is 2.86. The van der Waals surface area contributed by atoms with Gasteiger partial charge in [0.05, 0.1) is 11.4 Å². The highest BCUT2D eigenvalue weighted by Crippen LogP contribution is 2.25. The molecule has 0 unspecified atom stereocenters. The second kappa shape index (κ2) is 6.43. The summed E-state index contributed by atoms with van der Waals surface area (Å²) in [6, 6.07) is 14.6. The third-order valence-electron chi connectivity index (χ3n) is 3.84. The van der Waals surface area contributed by atoms with E-state index in [1.165, 1.54) is 5.69 Å². The lowest BCUT2D eigenvalue weighted by molar-refractivity contribution is 0.866. The average Bonchev–Trinajstić information content (AvgIpc) is 3.07. The number of anilines is 1. The molecule has 0 amide bonds. The van der Waals surface area contributed by atoms with Crippen molar-refractivity contribution in [3.05, 3.63) is 54.9 Å². The number of benzene rings is 1. The minimum atomic E-state index is 0.913. The number of aromatic amines is 1. The molecular weight excluding hydrogens is 272 g/mol. The minimum Gasteiger partial charge on any atom is -0.372 e. The Morgan fingerprint density at radius 2 is 1.77 bits per heavy atom. The molecule has 0 atom stereocenters. The molecule has 3 rings (SSSR count). The van der Waals surface area contributed by atoms with Gasteiger partial charge >= 0.3 is 0 Å². The highest BCUT2D eigenvalue weighted by molar-refractivity contribution is 5.69. The number of aromatic nitrogens is 3. The van der Waals surface area contributed by atoms with E-state index in [9.17, 15) is 0 Å². The quantitative estimate of drug-likeness (QED) is 0.773. The number of hydrogen-bond donors (Lipinski definition) is 1. The summed E-state index contributed by atoms with van der Waals surface area (Å²) in [5, 5.41) is 7.48. The lowest BCUT2D eigenvalue weighted by atomic mass is 10.1. The maximum Gasteiger partial charge on any atom is 0.0942 e. The first-order valence-electron chi connectivity index (χ1n) is 7.63. The molecule has 0 saturated heterocycles. The van der Waals surface area contributed by atoms with Gasteiger partial charge < -0.3 is 4.90 Å². The highest BCUT2D eigenvalue weighted by Gasteiger charge is 2.07. The van der Waals surface area contributed by atoms with Gasteiger partial charge in [-0.3, -0.25) is 10.1 Å². The van der Waals surface area contributed by atoms with Crippen LogP contribution in [0, 0.1) is 0 Å². The first-order chi connectivity index (χ1) is 10.8. The summed E-state index contributed by atoms with van der Waals surface area (Å²) in [4.78, 5) is 6.46. The van der Waals surface area contributed by atoms with Crippen LogP contribution < -0.4 is 4.90 Å². The van der Waals surface area contributed by atoms with Crippen LogP contribution in [0.15, 0.2) is 54.9 Å². The molecule has 112 valence electrons. The van der Waals surface area contributed by atoms with Crippen LogP contribution in [0.1, 0.15) is 13.8 Å². The summed E-state index contributed by atoms with van der Waals surface area (Å²) in [6.07, 6.45) is 3.59. The van der Waals surface area contributed by atoms with Crippen molar-refractivity contribution in [2.45, 2.75) is 13.8 Å². The Labute approximate surface area is 130 Å². The molecule has 0 aliphatic rings. The van der Waals surface area contributed by atoms with Gasteiger partial charge in [0.2, 0.25) is 0 Å². The predicted octanol–water partition coefficient (Wildman–Crippen LogP) is 3.98. The van der Waals surface area contributed by atoms with Crippen LogP contribution in [0.4, 0.5) is 5.69 Å². The third-order valence-corrected chi connectivity index (χ3v) is 3.84. The molecule has 0 bridgehead atoms. The van der Waals surface area contributed by atoms with E-state index in [4.69, 9.17) is 0 Å². The summed E-state index contributed by atoms with van der Waals surface area (Å²) in [7, 11) is 0. The molecule has 0 aliphatic heterocycles. The standard InChI is InChI=1S/C18H20N4/c1-3-22(4-2)16-9-7-14(8-10-16)17-12-18(21-20-17)15-6-5-11-19-13-15/h5-13H,3-4H2,1-2H3,(H,20,21). The Morgan fingerprint density at radius 1 is 1.00 bits per heavy atom. The maximum absolute atomic E-state index is 4.38. The van der Waals surface area contributed by atoms with Crippen molar-refractivity contribution in [3.63, 3.8) is 0 Å². The fourth-order valence-corrected chi connectivity index (χ4v) is 2.57. The topological polar surface area (TPSA) is 44.8 Å². The first-order valence-corrected chi connectivity index (χ1v) is 7.63. The summed E-state index contributed by atoms with van der Waals surface area (Å²) in [5.74, 6) is 0. The molecule has 0 aliphatic carbocycles. The largest absolute Gasteiger partial charge is 0.372 e. The van der Waals surface area contributed by atoms with Gasteiger partial charge in [-0.05, 0) is 49.7 Å². The Kier molecular flexibility index (Phi) is 4.19. The van der Waals surface area contributed by atoms with Gasteiger partial charge in [-0.15, -0.1) is 0 Å². The second-order valence-electron chi connectivity index (χ2n) is 5.13. The van der Waals surface area contributed by atoms with E-state index in [2.05, 4.69) is 64.3 Å². The predicted molar refractivity (Wildman–Crippen MR) is 90.8 cm³/mol. The molecule has 2 aromatic heterocycles. The smallest absolute Gasteiger partial charge is 0.0942 e. The summed E-state index contributed by atoms with van der Waals surface area (Å²) < 4.78 is 0. The number of pyridine rings is 1. The number of nitrogens with one attached hydrogen (secondary N) is 1. The van der Waals surface area contributed by atoms with Crippen molar-refractivity contribution < 1.29 is 0 Å². The van der Waals surface area contributed by atoms with Crippen LogP contribution >= 0.6 is 0 Å². The van der Waals surface area contributed by atoms with Gasteiger partial charge in [0.15, 0.2) is 0 Å². The maximum atomic E-state index is 4.38. The fraction of sp³-hybridized carbons (Fsp3) is 0.222. The molecule has 0 spiro atoms. The Morgan fingerprint density at radius 3 is 2.41 bits per heavy atom. The summed E-state index contributed by atoms with van der Waals surface area (Å²) in [5.41, 5.74) is 5.34. The molecule has 0 fully saturated rings. The molecule has 0 saturated carbocycles.